The number of fused-ring (bicyclic) bond motifs is 1. The topological polar surface area (TPSA) is 55.8 Å². The second-order valence-corrected chi connectivity index (χ2v) is 7.98. The van der Waals surface area contributed by atoms with E-state index in [1.807, 2.05) is 68.2 Å². The average molecular weight is 355 g/mol. The van der Waals surface area contributed by atoms with Gasteiger partial charge in [-0.1, -0.05) is 56.3 Å². The molecule has 4 rings (SSSR count). The molecule has 5 nitrogen and oxygen atoms in total. The fourth-order valence-corrected chi connectivity index (χ4v) is 4.38. The van der Waals surface area contributed by atoms with Crippen LogP contribution < -0.4 is 0 Å². The molecular weight excluding hydrogens is 330 g/mol. The summed E-state index contributed by atoms with van der Waals surface area (Å²) in [5.41, 5.74) is 0.390. The van der Waals surface area contributed by atoms with Crippen molar-refractivity contribution in [2.45, 2.75) is 38.5 Å². The summed E-state index contributed by atoms with van der Waals surface area (Å²) in [6.45, 7) is 6.86. The van der Waals surface area contributed by atoms with Crippen LogP contribution in [-0.2, 0) is 19.1 Å². The number of carbonyl (C=O) groups excluding carboxylic acids is 2. The van der Waals surface area contributed by atoms with Crippen molar-refractivity contribution < 1.29 is 19.1 Å². The number of hydrogen-bond donors (Lipinski definition) is 0. The number of ether oxygens (including phenoxy) is 2. The van der Waals surface area contributed by atoms with Crippen LogP contribution in [0.25, 0.3) is 0 Å². The maximum absolute atomic E-state index is 13.2. The summed E-state index contributed by atoms with van der Waals surface area (Å²) >= 11 is 0. The normalized spacial score (nSPS) is 33.0. The molecule has 0 unspecified atom stereocenters. The first-order chi connectivity index (χ1) is 12.4. The van der Waals surface area contributed by atoms with Gasteiger partial charge in [-0.15, -0.1) is 0 Å². The van der Waals surface area contributed by atoms with E-state index < -0.39 is 17.4 Å². The summed E-state index contributed by atoms with van der Waals surface area (Å²) in [7, 11) is 0. The van der Waals surface area contributed by atoms with Crippen molar-refractivity contribution in [1.82, 2.24) is 4.90 Å². The van der Waals surface area contributed by atoms with Gasteiger partial charge in [-0.3, -0.25) is 9.59 Å². The lowest BCUT2D eigenvalue weighted by molar-refractivity contribution is -0.155. The van der Waals surface area contributed by atoms with Gasteiger partial charge in [0.1, 0.15) is 11.5 Å². The molecule has 0 aromatic heterocycles. The minimum atomic E-state index is -0.688. The lowest BCUT2D eigenvalue weighted by Crippen LogP contribution is -2.40. The summed E-state index contributed by atoms with van der Waals surface area (Å²) in [6, 6.07) is 9.88. The maximum atomic E-state index is 13.2. The molecule has 2 bridgehead atoms. The van der Waals surface area contributed by atoms with Crippen molar-refractivity contribution in [2.75, 3.05) is 13.2 Å². The Morgan fingerprint density at radius 2 is 2.04 bits per heavy atom. The number of amides is 1. The monoisotopic (exact) mass is 355 g/mol. The van der Waals surface area contributed by atoms with Crippen LogP contribution in [0.2, 0.25) is 0 Å². The average Bonchev–Trinajstić information content (AvgIpc) is 3.28. The van der Waals surface area contributed by atoms with Crippen LogP contribution in [0.15, 0.2) is 42.5 Å². The maximum Gasteiger partial charge on any atom is 0.312 e. The van der Waals surface area contributed by atoms with Crippen LogP contribution in [0, 0.1) is 17.8 Å². The number of esters is 1. The third-order valence-corrected chi connectivity index (χ3v) is 5.71. The number of carbonyl (C=O) groups is 2. The van der Waals surface area contributed by atoms with Crippen molar-refractivity contribution in [3.8, 4) is 0 Å². The van der Waals surface area contributed by atoms with E-state index >= 15 is 0 Å². The Labute approximate surface area is 154 Å². The van der Waals surface area contributed by atoms with E-state index in [4.69, 9.17) is 9.47 Å². The number of benzene rings is 1. The van der Waals surface area contributed by atoms with E-state index in [-0.39, 0.29) is 29.9 Å². The molecule has 5 heteroatoms. The van der Waals surface area contributed by atoms with Crippen LogP contribution in [0.5, 0.6) is 0 Å². The Balaban J connectivity index is 1.58. The highest BCUT2D eigenvalue weighted by molar-refractivity contribution is 5.91. The van der Waals surface area contributed by atoms with Gasteiger partial charge >= 0.3 is 5.97 Å². The molecule has 1 aromatic carbocycles. The van der Waals surface area contributed by atoms with Crippen LogP contribution in [-0.4, -0.2) is 41.6 Å². The number of rotatable bonds is 5. The molecule has 0 saturated carbocycles. The molecule has 3 aliphatic rings. The Morgan fingerprint density at radius 1 is 1.31 bits per heavy atom. The van der Waals surface area contributed by atoms with Gasteiger partial charge in [-0.05, 0) is 18.4 Å². The van der Waals surface area contributed by atoms with Gasteiger partial charge in [0, 0.05) is 0 Å². The summed E-state index contributed by atoms with van der Waals surface area (Å²) in [5, 5.41) is 0. The van der Waals surface area contributed by atoms with Gasteiger partial charge in [-0.25, -0.2) is 0 Å². The molecule has 26 heavy (non-hydrogen) atoms. The number of likely N-dealkylation sites (tertiary alicyclic amines) is 1. The third kappa shape index (κ3) is 2.57. The van der Waals surface area contributed by atoms with E-state index in [0.29, 0.717) is 13.2 Å². The molecule has 2 saturated heterocycles. The Morgan fingerprint density at radius 3 is 2.73 bits per heavy atom. The smallest absolute Gasteiger partial charge is 0.312 e. The summed E-state index contributed by atoms with van der Waals surface area (Å²) < 4.78 is 11.6. The van der Waals surface area contributed by atoms with Crippen LogP contribution in [0.3, 0.4) is 0 Å². The highest BCUT2D eigenvalue weighted by Gasteiger charge is 2.67. The second kappa shape index (κ2) is 6.23. The van der Waals surface area contributed by atoms with Gasteiger partial charge < -0.3 is 14.4 Å². The summed E-state index contributed by atoms with van der Waals surface area (Å²) in [5.74, 6) is -1.10. The summed E-state index contributed by atoms with van der Waals surface area (Å²) in [4.78, 5) is 27.7. The molecule has 138 valence electrons. The van der Waals surface area contributed by atoms with Crippen molar-refractivity contribution in [2.24, 2.45) is 17.8 Å². The molecule has 0 aliphatic carbocycles. The first-order valence-electron chi connectivity index (χ1n) is 9.32. The fourth-order valence-electron chi connectivity index (χ4n) is 4.38. The highest BCUT2D eigenvalue weighted by Crippen LogP contribution is 2.53. The van der Waals surface area contributed by atoms with E-state index in [1.165, 1.54) is 0 Å². The fraction of sp³-hybridized carbons (Fsp3) is 0.524. The molecular formula is C21H25NO4. The summed E-state index contributed by atoms with van der Waals surface area (Å²) in [6.07, 6.45) is 3.55. The Bertz CT molecular complexity index is 744. The molecule has 0 N–H and O–H groups in total. The minimum Gasteiger partial charge on any atom is -0.465 e. The lowest BCUT2D eigenvalue weighted by atomic mass is 9.77. The van der Waals surface area contributed by atoms with Crippen molar-refractivity contribution in [3.63, 3.8) is 0 Å². The van der Waals surface area contributed by atoms with E-state index in [1.54, 1.807) is 0 Å². The second-order valence-electron chi connectivity index (χ2n) is 7.98. The van der Waals surface area contributed by atoms with E-state index in [9.17, 15) is 9.59 Å². The van der Waals surface area contributed by atoms with Gasteiger partial charge in [0.15, 0.2) is 0 Å². The zero-order chi connectivity index (χ0) is 18.5. The molecule has 3 heterocycles. The van der Waals surface area contributed by atoms with Gasteiger partial charge in [0.05, 0.1) is 31.2 Å². The van der Waals surface area contributed by atoms with E-state index in [0.717, 1.165) is 5.56 Å². The quantitative estimate of drug-likeness (QED) is 0.602. The largest absolute Gasteiger partial charge is 0.465 e. The van der Waals surface area contributed by atoms with Crippen molar-refractivity contribution in [1.29, 1.82) is 0 Å². The Kier molecular flexibility index (Phi) is 4.14. The lowest BCUT2D eigenvalue weighted by Gasteiger charge is -2.27. The Hall–Kier alpha value is -2.14. The highest BCUT2D eigenvalue weighted by atomic mass is 16.6. The van der Waals surface area contributed by atoms with Gasteiger partial charge in [0.25, 0.3) is 0 Å². The van der Waals surface area contributed by atoms with Crippen LogP contribution in [0.1, 0.15) is 32.4 Å². The first-order valence-corrected chi connectivity index (χ1v) is 9.32. The zero-order valence-electron chi connectivity index (χ0n) is 15.4. The SMILES string of the molecule is CC(C)COC(=O)[C@@H]1[C@@H]2C=C[C@]3(CN([C@@H](C)c4ccccc4)C(=O)[C@H]13)O2. The zero-order valence-corrected chi connectivity index (χ0v) is 15.4. The first kappa shape index (κ1) is 17.3. The molecule has 3 aliphatic heterocycles. The van der Waals surface area contributed by atoms with Crippen molar-refractivity contribution >= 4 is 11.9 Å². The third-order valence-electron chi connectivity index (χ3n) is 5.71. The predicted molar refractivity (Wildman–Crippen MR) is 96.1 cm³/mol. The molecule has 5 atom stereocenters. The van der Waals surface area contributed by atoms with Crippen molar-refractivity contribution in [3.05, 3.63) is 48.0 Å². The number of hydrogen-bond acceptors (Lipinski definition) is 4. The molecule has 2 fully saturated rings. The molecule has 1 amide bonds. The molecule has 1 spiro atoms. The van der Waals surface area contributed by atoms with Crippen LogP contribution in [0.4, 0.5) is 0 Å². The number of nitrogens with zero attached hydrogens (tertiary/aromatic N) is 1. The molecule has 1 aromatic rings. The van der Waals surface area contributed by atoms with Gasteiger partial charge in [-0.2, -0.15) is 0 Å². The predicted octanol–water partition coefficient (Wildman–Crippen LogP) is 2.73. The van der Waals surface area contributed by atoms with Gasteiger partial charge in [0.2, 0.25) is 5.91 Å². The van der Waals surface area contributed by atoms with E-state index in [2.05, 4.69) is 0 Å². The minimum absolute atomic E-state index is 0.0142. The van der Waals surface area contributed by atoms with Crippen LogP contribution >= 0.6 is 0 Å². The standard InChI is InChI=1S/C21H25NO4/c1-13(2)11-25-20(24)17-16-9-10-21(26-16)12-22(19(23)18(17)21)14(3)15-7-5-4-6-8-15/h4-10,13-14,16-18H,11-12H2,1-3H3/t14-,16-,17+,18-,21+/m0/s1. The molecule has 0 radical (unpaired) electrons.